The first kappa shape index (κ1) is 14.1. The molecule has 0 fully saturated rings. The monoisotopic (exact) mass is 275 g/mol. The van der Waals surface area contributed by atoms with Crippen molar-refractivity contribution in [3.63, 3.8) is 0 Å². The fraction of sp³-hybridized carbons (Fsp3) is 0.333. The van der Waals surface area contributed by atoms with Gasteiger partial charge in [0.2, 0.25) is 0 Å². The summed E-state index contributed by atoms with van der Waals surface area (Å²) in [5, 5.41) is 1.00. The Balaban J connectivity index is 2.40. The number of nitrogens with one attached hydrogen (secondary N) is 1. The Morgan fingerprint density at radius 2 is 1.75 bits per heavy atom. The van der Waals surface area contributed by atoms with Crippen molar-refractivity contribution >= 4 is 22.8 Å². The highest BCUT2D eigenvalue weighted by atomic mass is 16.5. The number of aromatic nitrogens is 1. The van der Waals surface area contributed by atoms with Crippen LogP contribution in [0.5, 0.6) is 0 Å². The molecule has 0 saturated heterocycles. The smallest absolute Gasteiger partial charge is 0.320 e. The maximum atomic E-state index is 11.8. The van der Waals surface area contributed by atoms with Gasteiger partial charge in [-0.1, -0.05) is 18.2 Å². The van der Waals surface area contributed by atoms with Gasteiger partial charge >= 0.3 is 11.9 Å². The lowest BCUT2D eigenvalue weighted by Crippen LogP contribution is -2.28. The minimum atomic E-state index is -0.942. The molecule has 1 N–H and O–H groups in total. The molecule has 1 aromatic carbocycles. The zero-order chi connectivity index (χ0) is 14.7. The van der Waals surface area contributed by atoms with Gasteiger partial charge in [0.15, 0.2) is 5.92 Å². The first-order valence-corrected chi connectivity index (χ1v) is 6.30. The van der Waals surface area contributed by atoms with Gasteiger partial charge in [-0.05, 0) is 25.0 Å². The number of aryl methyl sites for hydroxylation is 1. The molecule has 0 aliphatic heterocycles. The Kier molecular flexibility index (Phi) is 4.08. The standard InChI is InChI=1S/C15H17NO4/c1-9-11(10-6-4-5-7-13(10)16-9)8-12(14(17)19-2)15(18)20-3/h4-7,12,16H,8H2,1-3H3. The van der Waals surface area contributed by atoms with Crippen LogP contribution in [0.25, 0.3) is 10.9 Å². The summed E-state index contributed by atoms with van der Waals surface area (Å²) in [7, 11) is 2.53. The van der Waals surface area contributed by atoms with Gasteiger partial charge in [0, 0.05) is 16.6 Å². The van der Waals surface area contributed by atoms with Crippen LogP contribution in [0, 0.1) is 12.8 Å². The van der Waals surface area contributed by atoms with Crippen molar-refractivity contribution in [1.29, 1.82) is 0 Å². The van der Waals surface area contributed by atoms with E-state index in [2.05, 4.69) is 14.5 Å². The van der Waals surface area contributed by atoms with E-state index in [-0.39, 0.29) is 6.42 Å². The third-order valence-electron chi connectivity index (χ3n) is 3.41. The van der Waals surface area contributed by atoms with Crippen LogP contribution in [0.2, 0.25) is 0 Å². The van der Waals surface area contributed by atoms with E-state index in [1.54, 1.807) is 0 Å². The summed E-state index contributed by atoms with van der Waals surface area (Å²) < 4.78 is 9.37. The molecule has 2 aromatic rings. The number of hydrogen-bond acceptors (Lipinski definition) is 4. The molecule has 1 aromatic heterocycles. The summed E-state index contributed by atoms with van der Waals surface area (Å²) in [6, 6.07) is 7.77. The molecule has 1 heterocycles. The number of ether oxygens (including phenoxy) is 2. The van der Waals surface area contributed by atoms with E-state index in [1.165, 1.54) is 14.2 Å². The summed E-state index contributed by atoms with van der Waals surface area (Å²) in [6.45, 7) is 1.92. The number of carbonyl (C=O) groups is 2. The average molecular weight is 275 g/mol. The molecule has 0 amide bonds. The second-order valence-electron chi connectivity index (χ2n) is 4.58. The van der Waals surface area contributed by atoms with Crippen LogP contribution in [0.3, 0.4) is 0 Å². The molecular formula is C15H17NO4. The van der Waals surface area contributed by atoms with Gasteiger partial charge in [0.1, 0.15) is 0 Å². The van der Waals surface area contributed by atoms with Crippen molar-refractivity contribution in [2.24, 2.45) is 5.92 Å². The molecule has 0 aliphatic rings. The number of methoxy groups -OCH3 is 2. The van der Waals surface area contributed by atoms with E-state index in [0.717, 1.165) is 22.2 Å². The molecule has 20 heavy (non-hydrogen) atoms. The summed E-state index contributed by atoms with van der Waals surface area (Å²) in [5.74, 6) is -2.11. The molecule has 5 heteroatoms. The molecule has 5 nitrogen and oxygen atoms in total. The van der Waals surface area contributed by atoms with Crippen molar-refractivity contribution in [3.05, 3.63) is 35.5 Å². The molecule has 0 atom stereocenters. The largest absolute Gasteiger partial charge is 0.468 e. The van der Waals surface area contributed by atoms with E-state index < -0.39 is 17.9 Å². The minimum absolute atomic E-state index is 0.259. The number of fused-ring (bicyclic) bond motifs is 1. The number of carbonyl (C=O) groups excluding carboxylic acids is 2. The average Bonchev–Trinajstić information content (AvgIpc) is 2.78. The summed E-state index contributed by atoms with van der Waals surface area (Å²) in [6.07, 6.45) is 0.259. The van der Waals surface area contributed by atoms with E-state index in [0.29, 0.717) is 0 Å². The maximum absolute atomic E-state index is 11.8. The van der Waals surface area contributed by atoms with Crippen molar-refractivity contribution in [3.8, 4) is 0 Å². The number of rotatable bonds is 4. The lowest BCUT2D eigenvalue weighted by atomic mass is 9.97. The molecule has 0 aliphatic carbocycles. The van der Waals surface area contributed by atoms with Crippen molar-refractivity contribution < 1.29 is 19.1 Å². The molecule has 0 saturated carbocycles. The van der Waals surface area contributed by atoms with E-state index in [4.69, 9.17) is 0 Å². The molecule has 0 spiro atoms. The van der Waals surface area contributed by atoms with Crippen molar-refractivity contribution in [2.75, 3.05) is 14.2 Å². The second kappa shape index (κ2) is 5.77. The number of esters is 2. The molecule has 2 rings (SSSR count). The zero-order valence-corrected chi connectivity index (χ0v) is 11.7. The zero-order valence-electron chi connectivity index (χ0n) is 11.7. The quantitative estimate of drug-likeness (QED) is 0.684. The SMILES string of the molecule is COC(=O)C(Cc1c(C)[nH]c2ccccc12)C(=O)OC. The Hall–Kier alpha value is -2.30. The fourth-order valence-corrected chi connectivity index (χ4v) is 2.35. The highest BCUT2D eigenvalue weighted by molar-refractivity contribution is 5.96. The number of hydrogen-bond donors (Lipinski definition) is 1. The van der Waals surface area contributed by atoms with Gasteiger partial charge in [0.05, 0.1) is 14.2 Å². The lowest BCUT2D eigenvalue weighted by Gasteiger charge is -2.12. The number of para-hydroxylation sites is 1. The van der Waals surface area contributed by atoms with Crippen LogP contribution in [0.4, 0.5) is 0 Å². The highest BCUT2D eigenvalue weighted by Gasteiger charge is 2.30. The summed E-state index contributed by atoms with van der Waals surface area (Å²) in [5.41, 5.74) is 2.85. The number of H-pyrrole nitrogens is 1. The lowest BCUT2D eigenvalue weighted by molar-refractivity contribution is -0.158. The first-order valence-electron chi connectivity index (χ1n) is 6.30. The van der Waals surface area contributed by atoms with Crippen LogP contribution in [-0.4, -0.2) is 31.1 Å². The van der Waals surface area contributed by atoms with Crippen molar-refractivity contribution in [1.82, 2.24) is 4.98 Å². The van der Waals surface area contributed by atoms with Gasteiger partial charge in [-0.2, -0.15) is 0 Å². The van der Waals surface area contributed by atoms with Crippen LogP contribution in [0.1, 0.15) is 11.3 Å². The highest BCUT2D eigenvalue weighted by Crippen LogP contribution is 2.25. The van der Waals surface area contributed by atoms with Crippen LogP contribution >= 0.6 is 0 Å². The molecular weight excluding hydrogens is 258 g/mol. The Morgan fingerprint density at radius 1 is 1.15 bits per heavy atom. The van der Waals surface area contributed by atoms with Gasteiger partial charge in [-0.15, -0.1) is 0 Å². The van der Waals surface area contributed by atoms with Crippen LogP contribution in [0.15, 0.2) is 24.3 Å². The summed E-state index contributed by atoms with van der Waals surface area (Å²) >= 11 is 0. The van der Waals surface area contributed by atoms with Gasteiger partial charge in [0.25, 0.3) is 0 Å². The molecule has 0 unspecified atom stereocenters. The topological polar surface area (TPSA) is 68.4 Å². The van der Waals surface area contributed by atoms with E-state index >= 15 is 0 Å². The van der Waals surface area contributed by atoms with Crippen molar-refractivity contribution in [2.45, 2.75) is 13.3 Å². The maximum Gasteiger partial charge on any atom is 0.320 e. The van der Waals surface area contributed by atoms with E-state index in [1.807, 2.05) is 31.2 Å². The van der Waals surface area contributed by atoms with E-state index in [9.17, 15) is 9.59 Å². The Morgan fingerprint density at radius 3 is 2.35 bits per heavy atom. The van der Waals surface area contributed by atoms with Gasteiger partial charge in [-0.25, -0.2) is 0 Å². The third-order valence-corrected chi connectivity index (χ3v) is 3.41. The van der Waals surface area contributed by atoms with Gasteiger partial charge in [-0.3, -0.25) is 9.59 Å². The van der Waals surface area contributed by atoms with Gasteiger partial charge < -0.3 is 14.5 Å². The predicted octanol–water partition coefficient (Wildman–Crippen LogP) is 1.98. The normalized spacial score (nSPS) is 10.8. The third kappa shape index (κ3) is 2.52. The first-order chi connectivity index (χ1) is 9.58. The predicted molar refractivity (Wildman–Crippen MR) is 74.3 cm³/mol. The Labute approximate surface area is 116 Å². The molecule has 0 radical (unpaired) electrons. The molecule has 0 bridgehead atoms. The second-order valence-corrected chi connectivity index (χ2v) is 4.58. The number of benzene rings is 1. The summed E-state index contributed by atoms with van der Waals surface area (Å²) in [4.78, 5) is 26.7. The van der Waals surface area contributed by atoms with Crippen LogP contribution in [-0.2, 0) is 25.5 Å². The van der Waals surface area contributed by atoms with Crippen LogP contribution < -0.4 is 0 Å². The Bertz CT molecular complexity index is 628. The molecule has 106 valence electrons. The minimum Gasteiger partial charge on any atom is -0.468 e. The number of aromatic amines is 1. The fourth-order valence-electron chi connectivity index (χ4n) is 2.35.